The van der Waals surface area contributed by atoms with Crippen LogP contribution < -0.4 is 10.6 Å². The van der Waals surface area contributed by atoms with Crippen molar-refractivity contribution in [3.05, 3.63) is 76.9 Å². The van der Waals surface area contributed by atoms with Crippen LogP contribution >= 0.6 is 0 Å². The first-order valence-electron chi connectivity index (χ1n) is 8.25. The molecule has 2 N–H and O–H groups in total. The third-order valence-electron chi connectivity index (χ3n) is 3.96. The highest BCUT2D eigenvalue weighted by Crippen LogP contribution is 2.17. The largest absolute Gasteiger partial charge is 0.324 e. The van der Waals surface area contributed by atoms with E-state index >= 15 is 0 Å². The van der Waals surface area contributed by atoms with Crippen LogP contribution in [0, 0.1) is 10.1 Å². The van der Waals surface area contributed by atoms with Crippen LogP contribution in [-0.4, -0.2) is 31.5 Å². The van der Waals surface area contributed by atoms with E-state index in [-0.39, 0.29) is 11.6 Å². The number of nitrogens with one attached hydrogen (secondary N) is 2. The molecule has 0 saturated heterocycles. The molecule has 3 aromatic rings. The van der Waals surface area contributed by atoms with Crippen LogP contribution in [0.4, 0.5) is 17.1 Å². The standard InChI is InChI=1S/C18H16N6O4/c1-12(23-11-19-10-20-23)17(25)21-14-4-6-15(7-5-14)22-18(26)13-2-8-16(9-3-13)24(27)28/h2-12H,1H3,(H,21,25)(H,22,26). The molecule has 3 rings (SSSR count). The topological polar surface area (TPSA) is 132 Å². The number of nitrogens with zero attached hydrogens (tertiary/aromatic N) is 4. The Balaban J connectivity index is 1.60. The highest BCUT2D eigenvalue weighted by atomic mass is 16.6. The predicted octanol–water partition coefficient (Wildman–Crippen LogP) is 2.64. The van der Waals surface area contributed by atoms with Crippen molar-refractivity contribution < 1.29 is 14.5 Å². The Kier molecular flexibility index (Phi) is 5.40. The molecule has 1 heterocycles. The molecule has 2 aromatic carbocycles. The van der Waals surface area contributed by atoms with Gasteiger partial charge in [-0.1, -0.05) is 0 Å². The second kappa shape index (κ2) is 8.08. The van der Waals surface area contributed by atoms with Gasteiger partial charge in [0.1, 0.15) is 18.7 Å². The highest BCUT2D eigenvalue weighted by molar-refractivity contribution is 6.04. The van der Waals surface area contributed by atoms with Crippen LogP contribution in [0.1, 0.15) is 23.3 Å². The van der Waals surface area contributed by atoms with Gasteiger partial charge in [-0.05, 0) is 43.3 Å². The van der Waals surface area contributed by atoms with E-state index < -0.39 is 16.9 Å². The van der Waals surface area contributed by atoms with Crippen molar-refractivity contribution in [2.75, 3.05) is 10.6 Å². The number of carbonyl (C=O) groups is 2. The summed E-state index contributed by atoms with van der Waals surface area (Å²) in [7, 11) is 0. The SMILES string of the molecule is CC(C(=O)Nc1ccc(NC(=O)c2ccc([N+](=O)[O-])cc2)cc1)n1cncn1. The summed E-state index contributed by atoms with van der Waals surface area (Å²) in [5.41, 5.74) is 1.29. The van der Waals surface area contributed by atoms with Crippen molar-refractivity contribution >= 4 is 28.9 Å². The molecule has 0 bridgehead atoms. The second-order valence-corrected chi connectivity index (χ2v) is 5.88. The molecule has 142 valence electrons. The van der Waals surface area contributed by atoms with Gasteiger partial charge in [0.2, 0.25) is 5.91 Å². The predicted molar refractivity (Wildman–Crippen MR) is 101 cm³/mol. The van der Waals surface area contributed by atoms with Gasteiger partial charge in [-0.15, -0.1) is 0 Å². The van der Waals surface area contributed by atoms with Crippen LogP contribution in [0.5, 0.6) is 0 Å². The lowest BCUT2D eigenvalue weighted by atomic mass is 10.2. The molecule has 10 nitrogen and oxygen atoms in total. The molecule has 0 aliphatic heterocycles. The Labute approximate surface area is 159 Å². The summed E-state index contributed by atoms with van der Waals surface area (Å²) < 4.78 is 1.44. The van der Waals surface area contributed by atoms with Crippen molar-refractivity contribution in [2.45, 2.75) is 13.0 Å². The lowest BCUT2D eigenvalue weighted by Gasteiger charge is -2.12. The summed E-state index contributed by atoms with van der Waals surface area (Å²) in [4.78, 5) is 38.4. The van der Waals surface area contributed by atoms with E-state index in [4.69, 9.17) is 0 Å². The summed E-state index contributed by atoms with van der Waals surface area (Å²) in [5, 5.41) is 20.0. The molecular formula is C18H16N6O4. The molecule has 2 amide bonds. The third-order valence-corrected chi connectivity index (χ3v) is 3.96. The van der Waals surface area contributed by atoms with Gasteiger partial charge < -0.3 is 10.6 Å². The highest BCUT2D eigenvalue weighted by Gasteiger charge is 2.15. The maximum atomic E-state index is 12.2. The molecule has 0 spiro atoms. The zero-order valence-corrected chi connectivity index (χ0v) is 14.8. The van der Waals surface area contributed by atoms with Crippen molar-refractivity contribution in [2.24, 2.45) is 0 Å². The van der Waals surface area contributed by atoms with Crippen LogP contribution in [0.25, 0.3) is 0 Å². The van der Waals surface area contributed by atoms with Crippen molar-refractivity contribution in [1.29, 1.82) is 0 Å². The average Bonchev–Trinajstić information content (AvgIpc) is 3.23. The van der Waals surface area contributed by atoms with Gasteiger partial charge in [0.15, 0.2) is 0 Å². The first-order chi connectivity index (χ1) is 13.4. The molecule has 0 aliphatic rings. The summed E-state index contributed by atoms with van der Waals surface area (Å²) in [5.74, 6) is -0.653. The Bertz CT molecular complexity index is 984. The maximum absolute atomic E-state index is 12.2. The molecule has 1 aromatic heterocycles. The number of anilines is 2. The number of hydrogen-bond donors (Lipinski definition) is 2. The fraction of sp³-hybridized carbons (Fsp3) is 0.111. The third kappa shape index (κ3) is 4.36. The monoisotopic (exact) mass is 380 g/mol. The van der Waals surface area contributed by atoms with E-state index in [1.807, 2.05) is 0 Å². The fourth-order valence-electron chi connectivity index (χ4n) is 2.36. The van der Waals surface area contributed by atoms with E-state index in [2.05, 4.69) is 20.7 Å². The van der Waals surface area contributed by atoms with Crippen molar-refractivity contribution in [1.82, 2.24) is 14.8 Å². The second-order valence-electron chi connectivity index (χ2n) is 5.88. The van der Waals surface area contributed by atoms with Gasteiger partial charge in [-0.2, -0.15) is 5.10 Å². The lowest BCUT2D eigenvalue weighted by Crippen LogP contribution is -2.24. The molecule has 0 fully saturated rings. The van der Waals surface area contributed by atoms with Gasteiger partial charge in [-0.25, -0.2) is 9.67 Å². The van der Waals surface area contributed by atoms with Gasteiger partial charge >= 0.3 is 0 Å². The quantitative estimate of drug-likeness (QED) is 0.499. The first-order valence-corrected chi connectivity index (χ1v) is 8.25. The molecule has 0 aliphatic carbocycles. The number of rotatable bonds is 6. The van der Waals surface area contributed by atoms with Crippen molar-refractivity contribution in [3.8, 4) is 0 Å². The van der Waals surface area contributed by atoms with E-state index in [0.29, 0.717) is 16.9 Å². The van der Waals surface area contributed by atoms with Crippen LogP contribution in [0.3, 0.4) is 0 Å². The van der Waals surface area contributed by atoms with Crippen LogP contribution in [-0.2, 0) is 4.79 Å². The normalized spacial score (nSPS) is 11.5. The number of benzene rings is 2. The van der Waals surface area contributed by atoms with E-state index in [1.54, 1.807) is 31.2 Å². The van der Waals surface area contributed by atoms with E-state index in [9.17, 15) is 19.7 Å². The minimum atomic E-state index is -0.529. The van der Waals surface area contributed by atoms with Gasteiger partial charge in [0, 0.05) is 29.1 Å². The number of nitro benzene ring substituents is 1. The first kappa shape index (κ1) is 18.7. The number of nitro groups is 1. The summed E-state index contributed by atoms with van der Waals surface area (Å²) >= 11 is 0. The number of non-ortho nitro benzene ring substituents is 1. The Morgan fingerprint density at radius 1 is 1.04 bits per heavy atom. The smallest absolute Gasteiger partial charge is 0.269 e. The molecule has 1 atom stereocenters. The van der Waals surface area contributed by atoms with Crippen LogP contribution in [0.15, 0.2) is 61.2 Å². The van der Waals surface area contributed by atoms with E-state index in [0.717, 1.165) is 0 Å². The van der Waals surface area contributed by atoms with Gasteiger partial charge in [0.25, 0.3) is 11.6 Å². The van der Waals surface area contributed by atoms with Gasteiger partial charge in [-0.3, -0.25) is 19.7 Å². The Morgan fingerprint density at radius 3 is 2.18 bits per heavy atom. The van der Waals surface area contributed by atoms with Crippen LogP contribution in [0.2, 0.25) is 0 Å². The lowest BCUT2D eigenvalue weighted by molar-refractivity contribution is -0.384. The fourth-order valence-corrected chi connectivity index (χ4v) is 2.36. The Hall–Kier alpha value is -4.08. The minimum absolute atomic E-state index is 0.0863. The van der Waals surface area contributed by atoms with Gasteiger partial charge in [0.05, 0.1) is 4.92 Å². The molecule has 1 unspecified atom stereocenters. The molecule has 0 radical (unpaired) electrons. The maximum Gasteiger partial charge on any atom is 0.269 e. The number of carbonyl (C=O) groups excluding carboxylic acids is 2. The van der Waals surface area contributed by atoms with E-state index in [1.165, 1.54) is 41.6 Å². The summed E-state index contributed by atoms with van der Waals surface area (Å²) in [6, 6.07) is 11.4. The average molecular weight is 380 g/mol. The molecule has 0 saturated carbocycles. The number of hydrogen-bond acceptors (Lipinski definition) is 6. The zero-order chi connectivity index (χ0) is 20.1. The summed E-state index contributed by atoms with van der Waals surface area (Å²) in [6.45, 7) is 1.70. The number of aromatic nitrogens is 3. The minimum Gasteiger partial charge on any atom is -0.324 e. The van der Waals surface area contributed by atoms with Crippen molar-refractivity contribution in [3.63, 3.8) is 0 Å². The molecular weight excluding hydrogens is 364 g/mol. The zero-order valence-electron chi connectivity index (χ0n) is 14.8. The summed E-state index contributed by atoms with van der Waals surface area (Å²) in [6.07, 6.45) is 2.81. The molecule has 10 heteroatoms. The molecule has 28 heavy (non-hydrogen) atoms. The number of amides is 2. The Morgan fingerprint density at radius 2 is 1.64 bits per heavy atom.